The van der Waals surface area contributed by atoms with Crippen LogP contribution in [0.4, 0.5) is 0 Å². The van der Waals surface area contributed by atoms with Gasteiger partial charge in [0.15, 0.2) is 0 Å². The maximum absolute atomic E-state index is 13.2. The lowest BCUT2D eigenvalue weighted by Crippen LogP contribution is -2.23. The van der Waals surface area contributed by atoms with Gasteiger partial charge in [0.25, 0.3) is 5.91 Å². The van der Waals surface area contributed by atoms with Crippen molar-refractivity contribution in [2.75, 3.05) is 7.11 Å². The first-order valence-electron chi connectivity index (χ1n) is 13.7. The largest absolute Gasteiger partial charge is 0.497 e. The number of aryl methyl sites for hydroxylation is 2. The summed E-state index contributed by atoms with van der Waals surface area (Å²) >= 11 is 0. The molecule has 0 aliphatic carbocycles. The maximum atomic E-state index is 13.2. The summed E-state index contributed by atoms with van der Waals surface area (Å²) < 4.78 is 7.39. The van der Waals surface area contributed by atoms with Gasteiger partial charge in [0.1, 0.15) is 11.6 Å². The summed E-state index contributed by atoms with van der Waals surface area (Å²) in [5, 5.41) is 21.8. The molecule has 0 saturated heterocycles. The number of fused-ring (bicyclic) bond motifs is 1. The summed E-state index contributed by atoms with van der Waals surface area (Å²) in [6.45, 7) is 4.80. The molecular weight excluding hydrogens is 544 g/mol. The number of methoxy groups -OCH3 is 1. The lowest BCUT2D eigenvalue weighted by Gasteiger charge is -2.15. The van der Waals surface area contributed by atoms with Crippen molar-refractivity contribution < 1.29 is 19.4 Å². The summed E-state index contributed by atoms with van der Waals surface area (Å²) in [6.07, 6.45) is 5.80. The van der Waals surface area contributed by atoms with Crippen LogP contribution in [0.15, 0.2) is 73.2 Å². The Labute approximate surface area is 248 Å². The molecule has 0 unspecified atom stereocenters. The Balaban J connectivity index is 1.58. The van der Waals surface area contributed by atoms with Crippen molar-refractivity contribution >= 4 is 28.6 Å². The fourth-order valence-corrected chi connectivity index (χ4v) is 5.11. The molecule has 0 saturated carbocycles. The highest BCUT2D eigenvalue weighted by atomic mass is 16.5. The number of nitrogens with one attached hydrogen (secondary N) is 2. The standard InChI is InChI=1S/C33H32N6O4/c1-4-39-18-23(26-9-7-21(31(34)35)13-30(26)39)11-20-5-6-22(32(40)38-17-24-16-36-19(2)15-37-24)12-28(20)27-10-8-25(43-3)14-29(27)33(41)42/h5-10,12-16,18H,4,11,17H2,1-3H3,(H3,34,35)(H,38,40)(H,41,42). The fourth-order valence-electron chi connectivity index (χ4n) is 5.11. The minimum absolute atomic E-state index is 0.00131. The summed E-state index contributed by atoms with van der Waals surface area (Å²) in [5.74, 6) is -1.01. The SMILES string of the molecule is CCn1cc(Cc2ccc(C(=O)NCc3cnc(C)cn3)cc2-c2ccc(OC)cc2C(=O)O)c2ccc(C(=N)N)cc21. The Bertz CT molecular complexity index is 1860. The second-order valence-corrected chi connectivity index (χ2v) is 10.2. The smallest absolute Gasteiger partial charge is 0.336 e. The molecule has 10 heteroatoms. The van der Waals surface area contributed by atoms with Crippen molar-refractivity contribution in [3.05, 3.63) is 112 Å². The van der Waals surface area contributed by atoms with E-state index in [1.54, 1.807) is 36.7 Å². The van der Waals surface area contributed by atoms with Gasteiger partial charge in [-0.25, -0.2) is 4.79 Å². The van der Waals surface area contributed by atoms with Crippen LogP contribution in [0.25, 0.3) is 22.0 Å². The number of nitrogen functional groups attached to an aromatic ring is 1. The molecule has 0 bridgehead atoms. The van der Waals surface area contributed by atoms with Crippen molar-refractivity contribution in [2.45, 2.75) is 33.4 Å². The number of aromatic nitrogens is 3. The maximum Gasteiger partial charge on any atom is 0.336 e. The van der Waals surface area contributed by atoms with Crippen LogP contribution in [0, 0.1) is 12.3 Å². The number of amides is 1. The Kier molecular flexibility index (Phi) is 8.20. The summed E-state index contributed by atoms with van der Waals surface area (Å²) in [5.41, 5.74) is 12.2. The predicted molar refractivity (Wildman–Crippen MR) is 165 cm³/mol. The average Bonchev–Trinajstić information content (AvgIpc) is 3.37. The predicted octanol–water partition coefficient (Wildman–Crippen LogP) is 4.94. The first kappa shape index (κ1) is 29.0. The third-order valence-electron chi connectivity index (χ3n) is 7.38. The number of carboxylic acid groups (broad SMARTS) is 1. The van der Waals surface area contributed by atoms with Gasteiger partial charge in [0.05, 0.1) is 36.8 Å². The van der Waals surface area contributed by atoms with E-state index >= 15 is 0 Å². The molecule has 0 radical (unpaired) electrons. The molecule has 5 aromatic rings. The van der Waals surface area contributed by atoms with Crippen LogP contribution < -0.4 is 15.8 Å². The van der Waals surface area contributed by atoms with Crippen molar-refractivity contribution in [2.24, 2.45) is 5.73 Å². The van der Waals surface area contributed by atoms with Crippen molar-refractivity contribution in [1.29, 1.82) is 5.41 Å². The number of rotatable bonds is 10. The fraction of sp³-hybridized carbons (Fsp3) is 0.182. The van der Waals surface area contributed by atoms with E-state index in [0.717, 1.165) is 34.3 Å². The molecule has 218 valence electrons. The molecule has 2 heterocycles. The average molecular weight is 577 g/mol. The van der Waals surface area contributed by atoms with E-state index in [0.29, 0.717) is 40.1 Å². The second-order valence-electron chi connectivity index (χ2n) is 10.2. The molecule has 0 aliphatic heterocycles. The lowest BCUT2D eigenvalue weighted by molar-refractivity contribution is 0.0697. The Morgan fingerprint density at radius 2 is 1.79 bits per heavy atom. The van der Waals surface area contributed by atoms with E-state index in [2.05, 4.69) is 26.0 Å². The van der Waals surface area contributed by atoms with Gasteiger partial charge in [-0.2, -0.15) is 0 Å². The number of hydrogen-bond acceptors (Lipinski definition) is 6. The Hall–Kier alpha value is -5.51. The van der Waals surface area contributed by atoms with Gasteiger partial charge in [-0.3, -0.25) is 20.2 Å². The molecule has 43 heavy (non-hydrogen) atoms. The molecule has 0 atom stereocenters. The number of hydrogen-bond donors (Lipinski definition) is 4. The number of amidine groups is 1. The number of carbonyl (C=O) groups is 2. The van der Waals surface area contributed by atoms with Crippen LogP contribution in [-0.2, 0) is 19.5 Å². The van der Waals surface area contributed by atoms with Crippen LogP contribution in [0.2, 0.25) is 0 Å². The minimum atomic E-state index is -1.10. The van der Waals surface area contributed by atoms with Crippen LogP contribution in [0.5, 0.6) is 5.75 Å². The highest BCUT2D eigenvalue weighted by Crippen LogP contribution is 2.34. The van der Waals surface area contributed by atoms with E-state index in [1.807, 2.05) is 38.1 Å². The molecule has 3 aromatic carbocycles. The molecule has 0 aliphatic rings. The van der Waals surface area contributed by atoms with Gasteiger partial charge in [-0.05, 0) is 72.5 Å². The zero-order valence-electron chi connectivity index (χ0n) is 24.1. The number of carbonyl (C=O) groups excluding carboxylic acids is 1. The van der Waals surface area contributed by atoms with Gasteiger partial charge < -0.3 is 25.5 Å². The van der Waals surface area contributed by atoms with Crippen LogP contribution in [-0.4, -0.2) is 44.5 Å². The van der Waals surface area contributed by atoms with Crippen molar-refractivity contribution in [1.82, 2.24) is 19.9 Å². The Morgan fingerprint density at radius 3 is 2.47 bits per heavy atom. The number of benzene rings is 3. The van der Waals surface area contributed by atoms with Gasteiger partial charge in [0.2, 0.25) is 0 Å². The van der Waals surface area contributed by atoms with Gasteiger partial charge in [0, 0.05) is 47.4 Å². The normalized spacial score (nSPS) is 11.0. The van der Waals surface area contributed by atoms with Crippen molar-refractivity contribution in [3.63, 3.8) is 0 Å². The van der Waals surface area contributed by atoms with E-state index in [9.17, 15) is 14.7 Å². The van der Waals surface area contributed by atoms with Gasteiger partial charge >= 0.3 is 5.97 Å². The topological polar surface area (TPSA) is 156 Å². The van der Waals surface area contributed by atoms with Crippen LogP contribution in [0.1, 0.15) is 55.7 Å². The highest BCUT2D eigenvalue weighted by molar-refractivity contribution is 6.01. The van der Waals surface area contributed by atoms with Crippen LogP contribution in [0.3, 0.4) is 0 Å². The highest BCUT2D eigenvalue weighted by Gasteiger charge is 2.20. The van der Waals surface area contributed by atoms with Crippen molar-refractivity contribution in [3.8, 4) is 16.9 Å². The first-order chi connectivity index (χ1) is 20.7. The van der Waals surface area contributed by atoms with Gasteiger partial charge in [-0.1, -0.05) is 18.2 Å². The zero-order valence-corrected chi connectivity index (χ0v) is 24.1. The molecule has 2 aromatic heterocycles. The zero-order chi connectivity index (χ0) is 30.7. The lowest BCUT2D eigenvalue weighted by atomic mass is 9.90. The third-order valence-corrected chi connectivity index (χ3v) is 7.38. The minimum Gasteiger partial charge on any atom is -0.497 e. The number of nitrogens with zero attached hydrogens (tertiary/aromatic N) is 3. The second kappa shape index (κ2) is 12.2. The molecule has 5 rings (SSSR count). The molecule has 0 fully saturated rings. The summed E-state index contributed by atoms with van der Waals surface area (Å²) in [6, 6.07) is 15.9. The Morgan fingerprint density at radius 1 is 1.00 bits per heavy atom. The first-order valence-corrected chi connectivity index (χ1v) is 13.7. The number of aromatic carboxylic acids is 1. The van der Waals surface area contributed by atoms with Gasteiger partial charge in [-0.15, -0.1) is 0 Å². The number of nitrogens with two attached hydrogens (primary N) is 1. The number of carboxylic acids is 1. The van der Waals surface area contributed by atoms with E-state index < -0.39 is 5.97 Å². The molecule has 5 N–H and O–H groups in total. The summed E-state index contributed by atoms with van der Waals surface area (Å²) in [7, 11) is 1.48. The molecule has 1 amide bonds. The van der Waals surface area contributed by atoms with Crippen LogP contribution >= 0.6 is 0 Å². The third kappa shape index (κ3) is 6.08. The summed E-state index contributed by atoms with van der Waals surface area (Å²) in [4.78, 5) is 34.1. The van der Waals surface area contributed by atoms with E-state index in [4.69, 9.17) is 15.9 Å². The monoisotopic (exact) mass is 576 g/mol. The number of ether oxygens (including phenoxy) is 1. The molecule has 10 nitrogen and oxygen atoms in total. The quantitative estimate of drug-likeness (QED) is 0.136. The van der Waals surface area contributed by atoms with E-state index in [-0.39, 0.29) is 23.9 Å². The molecule has 0 spiro atoms. The molecular formula is C33H32N6O4. The van der Waals surface area contributed by atoms with E-state index in [1.165, 1.54) is 13.2 Å².